The van der Waals surface area contributed by atoms with Gasteiger partial charge in [-0.25, -0.2) is 12.8 Å². The molecule has 1 aromatic heterocycles. The number of amides is 1. The monoisotopic (exact) mass is 535 g/mol. The van der Waals surface area contributed by atoms with Crippen LogP contribution in [0.15, 0.2) is 23.2 Å². The predicted octanol–water partition coefficient (Wildman–Crippen LogP) is -5.67. The highest BCUT2D eigenvalue weighted by atomic mass is 32.2. The van der Waals surface area contributed by atoms with Gasteiger partial charge in [0.25, 0.3) is 5.91 Å². The van der Waals surface area contributed by atoms with E-state index in [2.05, 4.69) is 5.32 Å². The summed E-state index contributed by atoms with van der Waals surface area (Å²) in [4.78, 5) is 11.8. The zero-order valence-electron chi connectivity index (χ0n) is 19.2. The smallest absolute Gasteiger partial charge is 0.305 e. The number of aliphatic hydroxyl groups is 7. The van der Waals surface area contributed by atoms with Crippen molar-refractivity contribution in [3.8, 4) is 11.5 Å². The quantitative estimate of drug-likeness (QED) is 0.0859. The number of sulfonamides is 1. The number of aromatic nitrogens is 1. The molecule has 1 amide bonds. The molecule has 0 radical (unpaired) electrons. The van der Waals surface area contributed by atoms with Gasteiger partial charge in [-0.05, 0) is 13.0 Å². The second-order valence-corrected chi connectivity index (χ2v) is 10.2. The number of phenolic OH excluding ortho intramolecular Hbond substituents is 2. The van der Waals surface area contributed by atoms with Crippen LogP contribution in [0.2, 0.25) is 0 Å². The van der Waals surface area contributed by atoms with E-state index in [4.69, 9.17) is 0 Å². The second kappa shape index (κ2) is 8.98. The number of benzene rings is 1. The van der Waals surface area contributed by atoms with Crippen molar-refractivity contribution in [1.82, 2.24) is 9.29 Å². The van der Waals surface area contributed by atoms with Crippen molar-refractivity contribution < 1.29 is 63.6 Å². The molecule has 0 aliphatic rings. The topological polar surface area (TPSA) is 262 Å². The van der Waals surface area contributed by atoms with Gasteiger partial charge in [0.05, 0.1) is 0 Å². The molecule has 1 heterocycles. The first-order valence-corrected chi connectivity index (χ1v) is 11.3. The lowest BCUT2D eigenvalue weighted by atomic mass is 9.52. The molecule has 2 rings (SSSR count). The zero-order valence-corrected chi connectivity index (χ0v) is 20.0. The van der Waals surface area contributed by atoms with Crippen molar-refractivity contribution in [3.05, 3.63) is 35.4 Å². The first-order chi connectivity index (χ1) is 16.0. The molecular formula is C17H24B2FN3O12S. The molecule has 0 fully saturated rings. The summed E-state index contributed by atoms with van der Waals surface area (Å²) in [5.41, 5.74) is -5.39. The fraction of sp³-hybridized carbons (Fsp3) is 0.353. The lowest BCUT2D eigenvalue weighted by Crippen LogP contribution is -2.85. The lowest BCUT2D eigenvalue weighted by Gasteiger charge is -2.51. The van der Waals surface area contributed by atoms with Crippen LogP contribution in [0.1, 0.15) is 16.1 Å². The number of carbonyl (C=O) groups is 1. The first kappa shape index (κ1) is 29.5. The Morgan fingerprint density at radius 1 is 1.03 bits per heavy atom. The number of hydrogen-bond acceptors (Lipinski definition) is 12. The summed E-state index contributed by atoms with van der Waals surface area (Å²) in [5, 5.41) is 87.5. The Morgan fingerprint density at radius 2 is 1.53 bits per heavy atom. The lowest BCUT2D eigenvalue weighted by molar-refractivity contribution is -0.461. The summed E-state index contributed by atoms with van der Waals surface area (Å²) in [6, 6.07) is 1.26. The van der Waals surface area contributed by atoms with Gasteiger partial charge in [0.15, 0.2) is 0 Å². The number of halogens is 1. The van der Waals surface area contributed by atoms with E-state index in [9.17, 15) is 63.6 Å². The van der Waals surface area contributed by atoms with Crippen molar-refractivity contribution in [1.29, 1.82) is 0 Å². The third kappa shape index (κ3) is 4.92. The van der Waals surface area contributed by atoms with Gasteiger partial charge in [0.2, 0.25) is 15.6 Å². The molecule has 11 N–H and O–H groups in total. The Morgan fingerprint density at radius 3 is 1.97 bits per heavy atom. The van der Waals surface area contributed by atoms with E-state index in [-0.39, 0.29) is 5.56 Å². The van der Waals surface area contributed by atoms with Crippen molar-refractivity contribution in [2.75, 3.05) is 5.32 Å². The summed E-state index contributed by atoms with van der Waals surface area (Å²) < 4.78 is 41.7. The second-order valence-electron chi connectivity index (χ2n) is 8.54. The molecule has 36 heavy (non-hydrogen) atoms. The van der Waals surface area contributed by atoms with Crippen LogP contribution in [-0.2, 0) is 17.1 Å². The van der Waals surface area contributed by atoms with E-state index in [1.807, 2.05) is 0 Å². The fourth-order valence-corrected chi connectivity index (χ4v) is 5.11. The van der Waals surface area contributed by atoms with Crippen LogP contribution in [0.25, 0.3) is 0 Å². The summed E-state index contributed by atoms with van der Waals surface area (Å²) in [6.07, 6.45) is 0.754. The summed E-state index contributed by atoms with van der Waals surface area (Å²) in [6.45, 7) is 1.15. The number of anilines is 1. The highest BCUT2D eigenvalue weighted by Gasteiger charge is 2.71. The maximum absolute atomic E-state index is 13.6. The standard InChI is InChI=1S/C17H24B2FN3O12S/c1-6-8(20)4-10(24)11(12(6)25)21-13(26)9-3-7(5-23(9)2)36(34,35)22-14(15(18,19)27,16(28,29)30)17(31,32)33/h3-5,22,24-25,27-33H,18-19H2,1-2H3,(H,21,26). The third-order valence-electron chi connectivity index (χ3n) is 5.44. The average Bonchev–Trinajstić information content (AvgIpc) is 3.07. The first-order valence-electron chi connectivity index (χ1n) is 9.77. The van der Waals surface area contributed by atoms with Gasteiger partial charge in [-0.15, -0.1) is 0 Å². The Balaban J connectivity index is 2.56. The number of hydrogen-bond donors (Lipinski definition) is 11. The molecule has 2 aromatic rings. The van der Waals surface area contributed by atoms with E-state index in [1.165, 1.54) is 4.72 Å². The summed E-state index contributed by atoms with van der Waals surface area (Å²) in [7, 11) is -2.87. The van der Waals surface area contributed by atoms with Crippen LogP contribution in [0.3, 0.4) is 0 Å². The normalized spacial score (nSPS) is 13.6. The van der Waals surface area contributed by atoms with Gasteiger partial charge in [-0.3, -0.25) is 4.79 Å². The molecule has 0 spiro atoms. The number of nitrogens with one attached hydrogen (secondary N) is 2. The maximum Gasteiger partial charge on any atom is 0.305 e. The van der Waals surface area contributed by atoms with E-state index in [1.54, 1.807) is 0 Å². The molecule has 1 aromatic carbocycles. The molecule has 15 nitrogen and oxygen atoms in total. The zero-order chi connectivity index (χ0) is 28.2. The van der Waals surface area contributed by atoms with Gasteiger partial charge in [0, 0.05) is 30.3 Å². The summed E-state index contributed by atoms with van der Waals surface area (Å²) in [5.74, 6) is -12.7. The van der Waals surface area contributed by atoms with Crippen LogP contribution in [0, 0.1) is 12.7 Å². The number of aryl methyl sites for hydroxylation is 1. The Hall–Kier alpha value is -2.74. The molecular weight excluding hydrogens is 511 g/mol. The summed E-state index contributed by atoms with van der Waals surface area (Å²) >= 11 is 0. The van der Waals surface area contributed by atoms with E-state index >= 15 is 0 Å². The SMILES string of the molecule is BC(B)(O)C(NS(=O)(=O)c1cc(C(=O)Nc2c(O)cc(F)c(C)c2O)n(C)c1)(C(O)(O)O)C(O)(O)O. The molecule has 19 heteroatoms. The molecule has 0 atom stereocenters. The molecule has 0 saturated heterocycles. The van der Waals surface area contributed by atoms with Crippen molar-refractivity contribution in [2.45, 2.75) is 34.7 Å². The fourth-order valence-electron chi connectivity index (χ4n) is 3.50. The molecule has 0 aliphatic carbocycles. The minimum Gasteiger partial charge on any atom is -0.506 e. The van der Waals surface area contributed by atoms with Crippen LogP contribution in [-0.4, -0.2) is 103 Å². The Bertz CT molecular complexity index is 1260. The molecule has 0 aliphatic heterocycles. The van der Waals surface area contributed by atoms with Gasteiger partial charge in [0.1, 0.15) is 49.3 Å². The minimum absolute atomic E-state index is 0.314. The van der Waals surface area contributed by atoms with Gasteiger partial charge in [-0.2, -0.15) is 4.72 Å². The number of carbonyl (C=O) groups excluding carboxylic acids is 1. The van der Waals surface area contributed by atoms with Gasteiger partial charge < -0.3 is 55.8 Å². The van der Waals surface area contributed by atoms with E-state index in [0.29, 0.717) is 27.8 Å². The molecule has 0 unspecified atom stereocenters. The Kier molecular flexibility index (Phi) is 7.35. The number of rotatable bonds is 8. The minimum atomic E-state index is -5.22. The van der Waals surface area contributed by atoms with Crippen LogP contribution in [0.4, 0.5) is 10.1 Å². The molecule has 0 bridgehead atoms. The van der Waals surface area contributed by atoms with Crippen molar-refractivity contribution in [3.63, 3.8) is 0 Å². The van der Waals surface area contributed by atoms with E-state index < -0.39 is 72.4 Å². The highest BCUT2D eigenvalue weighted by molar-refractivity contribution is 7.89. The van der Waals surface area contributed by atoms with E-state index in [0.717, 1.165) is 24.7 Å². The third-order valence-corrected chi connectivity index (χ3v) is 6.86. The predicted molar refractivity (Wildman–Crippen MR) is 122 cm³/mol. The van der Waals surface area contributed by atoms with Crippen molar-refractivity contribution >= 4 is 37.3 Å². The molecule has 0 saturated carbocycles. The largest absolute Gasteiger partial charge is 0.506 e. The van der Waals surface area contributed by atoms with Crippen LogP contribution < -0.4 is 10.0 Å². The maximum atomic E-state index is 13.6. The van der Waals surface area contributed by atoms with Crippen LogP contribution >= 0.6 is 0 Å². The van der Waals surface area contributed by atoms with Gasteiger partial charge in [-0.1, -0.05) is 0 Å². The van der Waals surface area contributed by atoms with Crippen LogP contribution in [0.5, 0.6) is 11.5 Å². The Labute approximate surface area is 204 Å². The van der Waals surface area contributed by atoms with Gasteiger partial charge >= 0.3 is 11.9 Å². The highest BCUT2D eigenvalue weighted by Crippen LogP contribution is 2.38. The number of phenols is 2. The average molecular weight is 535 g/mol. The number of aromatic hydroxyl groups is 2. The van der Waals surface area contributed by atoms with Crippen molar-refractivity contribution in [2.24, 2.45) is 7.05 Å². The number of nitrogens with zero attached hydrogens (tertiary/aromatic N) is 1. The molecule has 198 valence electrons.